The molecule has 0 aliphatic carbocycles. The normalized spacial score (nSPS) is 13.5. The van der Waals surface area contributed by atoms with Crippen molar-refractivity contribution in [1.82, 2.24) is 16.5 Å². The molecule has 9 heteroatoms. The van der Waals surface area contributed by atoms with Crippen molar-refractivity contribution in [3.8, 4) is 17.6 Å². The highest BCUT2D eigenvalue weighted by molar-refractivity contribution is 5.99. The van der Waals surface area contributed by atoms with Crippen molar-refractivity contribution in [2.45, 2.75) is 32.5 Å². The number of allylic oxidation sites excluding steroid dienone is 4. The van der Waals surface area contributed by atoms with Gasteiger partial charge in [0, 0.05) is 22.3 Å². The molecular weight excluding hydrogens is 457 g/mol. The maximum absolute atomic E-state index is 13.4. The van der Waals surface area contributed by atoms with Gasteiger partial charge in [0.05, 0.1) is 5.56 Å². The van der Waals surface area contributed by atoms with Crippen LogP contribution < -0.4 is 16.5 Å². The van der Waals surface area contributed by atoms with Gasteiger partial charge in [0.1, 0.15) is 18.1 Å². The van der Waals surface area contributed by atoms with Crippen molar-refractivity contribution < 1.29 is 23.0 Å². The standard InChI is InChI=1S/C26H25F3N4O2/c1-3-5-7-23(8-6-4-2)35-17-21-15-20(25-30-32-33-31-25)12-10-18(21)9-11-19-13-14-22(34)16-24(19)26(27,28)29/h3,5,7-8,10,12-16,32-34H,1,4,6,17H2,2H3,(H,30,31)/b7-5-,23-8+. The summed E-state index contributed by atoms with van der Waals surface area (Å²) in [6.45, 7) is 5.85. The van der Waals surface area contributed by atoms with Crippen LogP contribution in [0.25, 0.3) is 0 Å². The van der Waals surface area contributed by atoms with Crippen LogP contribution in [-0.4, -0.2) is 10.9 Å². The Labute approximate surface area is 201 Å². The van der Waals surface area contributed by atoms with Crippen LogP contribution in [-0.2, 0) is 17.5 Å². The number of aromatic hydroxyl groups is 1. The molecule has 1 aliphatic heterocycles. The zero-order valence-corrected chi connectivity index (χ0v) is 19.0. The van der Waals surface area contributed by atoms with Crippen LogP contribution in [0.3, 0.4) is 0 Å². The number of ether oxygens (including phenoxy) is 1. The highest BCUT2D eigenvalue weighted by atomic mass is 19.4. The summed E-state index contributed by atoms with van der Waals surface area (Å²) < 4.78 is 46.3. The Kier molecular flexibility index (Phi) is 8.59. The fourth-order valence-electron chi connectivity index (χ4n) is 3.11. The first-order valence-electron chi connectivity index (χ1n) is 10.8. The quantitative estimate of drug-likeness (QED) is 0.241. The Balaban J connectivity index is 1.98. The molecule has 2 aromatic rings. The number of hydrazone groups is 1. The number of hydrogen-bond donors (Lipinski definition) is 4. The lowest BCUT2D eigenvalue weighted by Crippen LogP contribution is -2.35. The third-order valence-electron chi connectivity index (χ3n) is 4.85. The van der Waals surface area contributed by atoms with E-state index in [0.717, 1.165) is 24.5 Å². The molecule has 0 saturated heterocycles. The maximum Gasteiger partial charge on any atom is 0.417 e. The third-order valence-corrected chi connectivity index (χ3v) is 4.85. The van der Waals surface area contributed by atoms with Crippen molar-refractivity contribution in [2.24, 2.45) is 5.10 Å². The second-order valence-corrected chi connectivity index (χ2v) is 7.45. The number of hydrazine groups is 2. The number of rotatable bonds is 8. The minimum absolute atomic E-state index is 0.130. The summed E-state index contributed by atoms with van der Waals surface area (Å²) in [5.74, 6) is 6.14. The average molecular weight is 483 g/mol. The number of phenolic OH excluding ortho intramolecular Hbond substituents is 1. The molecule has 1 heterocycles. The molecule has 4 N–H and O–H groups in total. The number of halogens is 3. The van der Waals surface area contributed by atoms with Crippen LogP contribution in [0.5, 0.6) is 5.75 Å². The molecule has 0 atom stereocenters. The van der Waals surface area contributed by atoms with E-state index in [-0.39, 0.29) is 12.2 Å². The molecule has 0 aromatic heterocycles. The summed E-state index contributed by atoms with van der Waals surface area (Å²) in [5.41, 5.74) is 8.75. The van der Waals surface area contributed by atoms with Crippen molar-refractivity contribution in [3.05, 3.63) is 101 Å². The SMILES string of the molecule is C=C/C=C\C(=C/CCC)OCc1cc(C2=NNNN2)ccc1C#Cc1ccc(O)cc1C(F)(F)F. The van der Waals surface area contributed by atoms with Gasteiger partial charge in [-0.1, -0.05) is 43.9 Å². The first kappa shape index (κ1) is 25.5. The summed E-state index contributed by atoms with van der Waals surface area (Å²) in [6, 6.07) is 8.24. The van der Waals surface area contributed by atoms with Gasteiger partial charge in [0.2, 0.25) is 0 Å². The molecule has 1 aliphatic rings. The number of hydrogen-bond acceptors (Lipinski definition) is 6. The van der Waals surface area contributed by atoms with E-state index < -0.39 is 17.5 Å². The van der Waals surface area contributed by atoms with E-state index in [1.807, 2.05) is 6.08 Å². The number of alkyl halides is 3. The summed E-state index contributed by atoms with van der Waals surface area (Å²) in [7, 11) is 0. The predicted octanol–water partition coefficient (Wildman–Crippen LogP) is 5.03. The van der Waals surface area contributed by atoms with E-state index in [1.54, 1.807) is 36.4 Å². The van der Waals surface area contributed by atoms with Crippen molar-refractivity contribution in [1.29, 1.82) is 0 Å². The first-order valence-corrected chi connectivity index (χ1v) is 10.8. The third kappa shape index (κ3) is 7.16. The second kappa shape index (κ2) is 11.8. The van der Waals surface area contributed by atoms with E-state index >= 15 is 0 Å². The molecule has 6 nitrogen and oxygen atoms in total. The number of benzene rings is 2. The van der Waals surface area contributed by atoms with Gasteiger partial charge in [-0.05, 0) is 55.0 Å². The monoisotopic (exact) mass is 482 g/mol. The molecule has 3 rings (SSSR count). The van der Waals surface area contributed by atoms with Gasteiger partial charge in [-0.15, -0.1) is 10.6 Å². The number of amidine groups is 1. The van der Waals surface area contributed by atoms with Gasteiger partial charge >= 0.3 is 6.18 Å². The molecule has 0 saturated carbocycles. The van der Waals surface area contributed by atoms with Crippen LogP contribution >= 0.6 is 0 Å². The smallest absolute Gasteiger partial charge is 0.417 e. The second-order valence-electron chi connectivity index (χ2n) is 7.45. The molecule has 0 amide bonds. The van der Waals surface area contributed by atoms with Crippen LogP contribution in [0.2, 0.25) is 0 Å². The van der Waals surface area contributed by atoms with Crippen LogP contribution in [0, 0.1) is 11.8 Å². The fourth-order valence-corrected chi connectivity index (χ4v) is 3.11. The fraction of sp³-hybridized carbons (Fsp3) is 0.192. The predicted molar refractivity (Wildman–Crippen MR) is 129 cm³/mol. The zero-order valence-electron chi connectivity index (χ0n) is 19.0. The maximum atomic E-state index is 13.4. The Morgan fingerprint density at radius 3 is 2.63 bits per heavy atom. The molecule has 2 aromatic carbocycles. The largest absolute Gasteiger partial charge is 0.508 e. The Morgan fingerprint density at radius 2 is 1.94 bits per heavy atom. The van der Waals surface area contributed by atoms with Crippen molar-refractivity contribution >= 4 is 5.84 Å². The lowest BCUT2D eigenvalue weighted by Gasteiger charge is -2.12. The van der Waals surface area contributed by atoms with E-state index in [1.165, 1.54) is 6.07 Å². The Bertz CT molecular complexity index is 1220. The molecule has 0 unspecified atom stereocenters. The molecular formula is C26H25F3N4O2. The van der Waals surface area contributed by atoms with E-state index in [0.29, 0.717) is 28.8 Å². The van der Waals surface area contributed by atoms with Gasteiger partial charge in [-0.2, -0.15) is 13.2 Å². The van der Waals surface area contributed by atoms with Gasteiger partial charge in [0.25, 0.3) is 0 Å². The van der Waals surface area contributed by atoms with E-state index in [2.05, 4.69) is 46.9 Å². The van der Waals surface area contributed by atoms with Crippen molar-refractivity contribution in [2.75, 3.05) is 0 Å². The first-order chi connectivity index (χ1) is 16.8. The lowest BCUT2D eigenvalue weighted by molar-refractivity contribution is -0.137. The minimum atomic E-state index is -4.65. The van der Waals surface area contributed by atoms with Crippen LogP contribution in [0.4, 0.5) is 13.2 Å². The summed E-state index contributed by atoms with van der Waals surface area (Å²) in [5, 5.41) is 13.6. The number of nitrogens with zero attached hydrogens (tertiary/aromatic N) is 1. The Hall–Kier alpha value is -4.16. The van der Waals surface area contributed by atoms with Crippen LogP contribution in [0.15, 0.2) is 78.1 Å². The molecule has 35 heavy (non-hydrogen) atoms. The average Bonchev–Trinajstić information content (AvgIpc) is 3.37. The molecule has 0 bridgehead atoms. The van der Waals surface area contributed by atoms with Gasteiger partial charge in [0.15, 0.2) is 5.84 Å². The van der Waals surface area contributed by atoms with Gasteiger partial charge < -0.3 is 9.84 Å². The highest BCUT2D eigenvalue weighted by Crippen LogP contribution is 2.33. The lowest BCUT2D eigenvalue weighted by atomic mass is 10.0. The Morgan fingerprint density at radius 1 is 1.17 bits per heavy atom. The topological polar surface area (TPSA) is 77.9 Å². The summed E-state index contributed by atoms with van der Waals surface area (Å²) in [6.07, 6.45) is 4.26. The molecule has 0 radical (unpaired) electrons. The molecule has 182 valence electrons. The number of unbranched alkanes of at least 4 members (excludes halogenated alkanes) is 1. The summed E-state index contributed by atoms with van der Waals surface area (Å²) >= 11 is 0. The molecule has 0 fully saturated rings. The van der Waals surface area contributed by atoms with Crippen LogP contribution in [0.1, 0.15) is 47.6 Å². The van der Waals surface area contributed by atoms with Gasteiger partial charge in [-0.3, -0.25) is 5.43 Å². The zero-order chi connectivity index (χ0) is 25.3. The highest BCUT2D eigenvalue weighted by Gasteiger charge is 2.33. The number of nitrogens with one attached hydrogen (secondary N) is 3. The number of phenols is 1. The van der Waals surface area contributed by atoms with Gasteiger partial charge in [-0.25, -0.2) is 5.53 Å². The van der Waals surface area contributed by atoms with E-state index in [9.17, 15) is 18.3 Å². The van der Waals surface area contributed by atoms with Crippen molar-refractivity contribution in [3.63, 3.8) is 0 Å². The van der Waals surface area contributed by atoms with E-state index in [4.69, 9.17) is 4.74 Å². The molecule has 0 spiro atoms. The minimum Gasteiger partial charge on any atom is -0.508 e. The summed E-state index contributed by atoms with van der Waals surface area (Å²) in [4.78, 5) is 0.